The second-order valence-electron chi connectivity index (χ2n) is 9.83. The molecule has 0 saturated heterocycles. The Hall–Kier alpha value is -1.16. The van der Waals surface area contributed by atoms with Gasteiger partial charge in [0.2, 0.25) is 0 Å². The number of carbonyl (C=O) groups is 1. The maximum atomic E-state index is 13.8. The van der Waals surface area contributed by atoms with E-state index < -0.39 is 12.8 Å². The fourth-order valence-electron chi connectivity index (χ4n) is 3.16. The van der Waals surface area contributed by atoms with Gasteiger partial charge in [0.25, 0.3) is 0 Å². The van der Waals surface area contributed by atoms with Gasteiger partial charge in [-0.3, -0.25) is 9.36 Å². The fourth-order valence-corrected chi connectivity index (χ4v) is 4.93. The van der Waals surface area contributed by atoms with Gasteiger partial charge in [-0.15, -0.1) is 0 Å². The predicted octanol–water partition coefficient (Wildman–Crippen LogP) is 6.52. The Balaban J connectivity index is 3.83. The van der Waals surface area contributed by atoms with Crippen LogP contribution in [0, 0.1) is 0 Å². The quantitative estimate of drug-likeness (QED) is 0.350. The van der Waals surface area contributed by atoms with Crippen molar-refractivity contribution in [3.8, 4) is 5.75 Å². The van der Waals surface area contributed by atoms with E-state index in [2.05, 4.69) is 47.6 Å². The van der Waals surface area contributed by atoms with Crippen molar-refractivity contribution < 1.29 is 23.1 Å². The van der Waals surface area contributed by atoms with Crippen molar-refractivity contribution in [2.24, 2.45) is 0 Å². The number of hydrogen-bond acceptors (Lipinski definition) is 5. The van der Waals surface area contributed by atoms with Gasteiger partial charge in [-0.25, -0.2) is 0 Å². The second-order valence-corrected chi connectivity index (χ2v) is 12.5. The maximum absolute atomic E-state index is 13.8. The van der Waals surface area contributed by atoms with Gasteiger partial charge in [-0.2, -0.15) is 0 Å². The van der Waals surface area contributed by atoms with Crippen molar-refractivity contribution in [3.63, 3.8) is 0 Å². The van der Waals surface area contributed by atoms with E-state index in [4.69, 9.17) is 13.8 Å². The first kappa shape index (κ1) is 25.9. The molecule has 0 spiro atoms. The van der Waals surface area contributed by atoms with Crippen LogP contribution in [0.3, 0.4) is 0 Å². The lowest BCUT2D eigenvalue weighted by molar-refractivity contribution is 0.0919. The summed E-state index contributed by atoms with van der Waals surface area (Å²) < 4.78 is 30.3. The molecule has 0 atom stereocenters. The molecule has 0 aliphatic heterocycles. The minimum Gasteiger partial charge on any atom is -0.496 e. The number of carbonyl (C=O) groups excluding carboxylic acids is 1. The average Bonchev–Trinajstić information content (AvgIpc) is 2.58. The Kier molecular flexibility index (Phi) is 7.95. The van der Waals surface area contributed by atoms with Crippen molar-refractivity contribution in [2.45, 2.75) is 85.2 Å². The normalized spacial score (nSPS) is 13.5. The van der Waals surface area contributed by atoms with E-state index in [-0.39, 0.29) is 29.8 Å². The highest BCUT2D eigenvalue weighted by atomic mass is 31.2. The third kappa shape index (κ3) is 5.31. The summed E-state index contributed by atoms with van der Waals surface area (Å²) >= 11 is 0. The Bertz CT molecular complexity index is 772. The van der Waals surface area contributed by atoms with Crippen LogP contribution < -0.4 is 4.74 Å². The SMILES string of the molecule is CCOP(=O)(OCC)C(C)(C)C(=O)c1cc(C(C)(C)C)cc(C(C)(C)C)c1OC. The highest BCUT2D eigenvalue weighted by Gasteiger charge is 2.50. The summed E-state index contributed by atoms with van der Waals surface area (Å²) in [4.78, 5) is 13.8. The molecule has 0 aliphatic carbocycles. The van der Waals surface area contributed by atoms with E-state index in [1.165, 1.54) is 0 Å². The number of methoxy groups -OCH3 is 1. The summed E-state index contributed by atoms with van der Waals surface area (Å²) in [5, 5.41) is -1.36. The third-order valence-electron chi connectivity index (χ3n) is 5.05. The van der Waals surface area contributed by atoms with E-state index in [9.17, 15) is 9.36 Å². The highest BCUT2D eigenvalue weighted by Crippen LogP contribution is 2.61. The molecule has 0 saturated carbocycles. The lowest BCUT2D eigenvalue weighted by Gasteiger charge is -2.33. The summed E-state index contributed by atoms with van der Waals surface area (Å²) in [6, 6.07) is 3.97. The zero-order chi connectivity index (χ0) is 22.8. The summed E-state index contributed by atoms with van der Waals surface area (Å²) in [7, 11) is -2.13. The molecular formula is C23H39O5P. The molecule has 0 fully saturated rings. The number of hydrogen-bond donors (Lipinski definition) is 0. The molecule has 0 aliphatic rings. The van der Waals surface area contributed by atoms with E-state index in [1.54, 1.807) is 34.8 Å². The Morgan fingerprint density at radius 1 is 0.897 bits per heavy atom. The molecule has 0 unspecified atom stereocenters. The largest absolute Gasteiger partial charge is 0.496 e. The van der Waals surface area contributed by atoms with Gasteiger partial charge in [0.1, 0.15) is 10.9 Å². The molecule has 1 aromatic rings. The van der Waals surface area contributed by atoms with Crippen molar-refractivity contribution >= 4 is 13.4 Å². The van der Waals surface area contributed by atoms with Gasteiger partial charge in [0.05, 0.1) is 25.9 Å². The molecule has 0 radical (unpaired) electrons. The van der Waals surface area contributed by atoms with Crippen LogP contribution in [0.25, 0.3) is 0 Å². The summed E-state index contributed by atoms with van der Waals surface area (Å²) in [6.07, 6.45) is 0. The van der Waals surface area contributed by atoms with Gasteiger partial charge in [0, 0.05) is 5.56 Å². The first-order valence-corrected chi connectivity index (χ1v) is 11.8. The van der Waals surface area contributed by atoms with Crippen LogP contribution in [0.2, 0.25) is 0 Å². The third-order valence-corrected chi connectivity index (χ3v) is 7.82. The van der Waals surface area contributed by atoms with Crippen LogP contribution in [-0.4, -0.2) is 31.3 Å². The first-order valence-electron chi connectivity index (χ1n) is 10.2. The van der Waals surface area contributed by atoms with Crippen molar-refractivity contribution in [1.29, 1.82) is 0 Å². The number of ether oxygens (including phenoxy) is 1. The molecule has 1 aromatic carbocycles. The second kappa shape index (κ2) is 8.91. The van der Waals surface area contributed by atoms with Gasteiger partial charge < -0.3 is 13.8 Å². The molecule has 0 amide bonds. The van der Waals surface area contributed by atoms with Crippen molar-refractivity contribution in [1.82, 2.24) is 0 Å². The standard InChI is InChI=1S/C23H39O5P/c1-12-27-29(25,28-13-2)23(9,10)20(24)17-14-16(21(3,4)5)15-18(19(17)26-11)22(6,7)8/h14-15H,12-13H2,1-11H3. The zero-order valence-corrected chi connectivity index (χ0v) is 21.0. The van der Waals surface area contributed by atoms with Gasteiger partial charge in [-0.1, -0.05) is 47.6 Å². The van der Waals surface area contributed by atoms with E-state index >= 15 is 0 Å². The van der Waals surface area contributed by atoms with Crippen LogP contribution in [0.1, 0.15) is 90.7 Å². The lowest BCUT2D eigenvalue weighted by Crippen LogP contribution is -2.35. The number of ketones is 1. The minimum absolute atomic E-state index is 0.172. The van der Waals surface area contributed by atoms with Gasteiger partial charge >= 0.3 is 7.60 Å². The van der Waals surface area contributed by atoms with Crippen molar-refractivity contribution in [3.05, 3.63) is 28.8 Å². The first-order chi connectivity index (χ1) is 13.1. The molecule has 5 nitrogen and oxygen atoms in total. The summed E-state index contributed by atoms with van der Waals surface area (Å²) in [5.74, 6) is 0.208. The molecule has 0 heterocycles. The number of Topliss-reactive ketones (excluding diaryl/α,β-unsaturated/α-hetero) is 1. The Morgan fingerprint density at radius 2 is 1.38 bits per heavy atom. The van der Waals surface area contributed by atoms with E-state index in [1.807, 2.05) is 6.07 Å². The van der Waals surface area contributed by atoms with Crippen LogP contribution in [0.15, 0.2) is 12.1 Å². The highest BCUT2D eigenvalue weighted by molar-refractivity contribution is 7.56. The minimum atomic E-state index is -3.69. The molecule has 0 aromatic heterocycles. The van der Waals surface area contributed by atoms with E-state index in [0.29, 0.717) is 11.3 Å². The summed E-state index contributed by atoms with van der Waals surface area (Å²) in [5.41, 5.74) is 1.96. The van der Waals surface area contributed by atoms with Gasteiger partial charge in [-0.05, 0) is 50.2 Å². The summed E-state index contributed by atoms with van der Waals surface area (Å²) in [6.45, 7) is 19.7. The fraction of sp³-hybridized carbons (Fsp3) is 0.696. The van der Waals surface area contributed by atoms with Crippen LogP contribution in [-0.2, 0) is 24.4 Å². The number of rotatable bonds is 8. The lowest BCUT2D eigenvalue weighted by atomic mass is 9.78. The van der Waals surface area contributed by atoms with E-state index in [0.717, 1.165) is 11.1 Å². The smallest absolute Gasteiger partial charge is 0.343 e. The molecule has 0 bridgehead atoms. The molecule has 166 valence electrons. The topological polar surface area (TPSA) is 61.8 Å². The van der Waals surface area contributed by atoms with Crippen molar-refractivity contribution in [2.75, 3.05) is 20.3 Å². The Morgan fingerprint density at radius 3 is 1.72 bits per heavy atom. The predicted molar refractivity (Wildman–Crippen MR) is 120 cm³/mol. The van der Waals surface area contributed by atoms with Crippen LogP contribution in [0.4, 0.5) is 0 Å². The molecule has 1 rings (SSSR count). The molecule has 29 heavy (non-hydrogen) atoms. The molecule has 0 N–H and O–H groups in total. The monoisotopic (exact) mass is 426 g/mol. The van der Waals surface area contributed by atoms with Crippen LogP contribution >= 0.6 is 7.60 Å². The number of benzene rings is 1. The average molecular weight is 427 g/mol. The maximum Gasteiger partial charge on any atom is 0.343 e. The molecular weight excluding hydrogens is 387 g/mol. The zero-order valence-electron chi connectivity index (χ0n) is 20.1. The molecule has 6 heteroatoms. The Labute approximate surface area is 177 Å². The van der Waals surface area contributed by atoms with Gasteiger partial charge in [0.15, 0.2) is 5.78 Å². The van der Waals surface area contributed by atoms with Crippen LogP contribution in [0.5, 0.6) is 5.75 Å².